The summed E-state index contributed by atoms with van der Waals surface area (Å²) in [6.45, 7) is 4.31. The van der Waals surface area contributed by atoms with Crippen LogP contribution in [-0.2, 0) is 14.8 Å². The molecule has 0 saturated carbocycles. The fraction of sp³-hybridized carbons (Fsp3) is 0.500. The van der Waals surface area contributed by atoms with Gasteiger partial charge in [-0.2, -0.15) is 4.31 Å². The third kappa shape index (κ3) is 4.97. The highest BCUT2D eigenvalue weighted by Crippen LogP contribution is 2.36. The van der Waals surface area contributed by atoms with Gasteiger partial charge in [-0.25, -0.2) is 13.4 Å². The fourth-order valence-electron chi connectivity index (χ4n) is 3.43. The normalized spacial score (nSPS) is 17.5. The maximum absolute atomic E-state index is 13.0. The summed E-state index contributed by atoms with van der Waals surface area (Å²) in [6, 6.07) is 3.23. The van der Waals surface area contributed by atoms with Gasteiger partial charge in [0, 0.05) is 31.4 Å². The molecule has 1 atom stereocenters. The maximum atomic E-state index is 13.0. The number of anilines is 1. The molecule has 0 spiro atoms. The van der Waals surface area contributed by atoms with E-state index in [-0.39, 0.29) is 23.5 Å². The van der Waals surface area contributed by atoms with Crippen LogP contribution < -0.4 is 14.8 Å². The van der Waals surface area contributed by atoms with E-state index in [1.807, 2.05) is 13.8 Å². The lowest BCUT2D eigenvalue weighted by Gasteiger charge is -2.30. The molecule has 1 N–H and O–H groups in total. The number of piperidine rings is 1. The lowest BCUT2D eigenvalue weighted by Crippen LogP contribution is -2.43. The number of benzene rings is 1. The smallest absolute Gasteiger partial charge is 0.262 e. The van der Waals surface area contributed by atoms with E-state index in [4.69, 9.17) is 21.1 Å². The van der Waals surface area contributed by atoms with E-state index in [9.17, 15) is 13.2 Å². The van der Waals surface area contributed by atoms with Crippen molar-refractivity contribution in [1.82, 2.24) is 13.9 Å². The van der Waals surface area contributed by atoms with E-state index < -0.39 is 15.9 Å². The summed E-state index contributed by atoms with van der Waals surface area (Å²) in [6.07, 6.45) is 4.17. The maximum Gasteiger partial charge on any atom is 0.262 e. The predicted octanol–water partition coefficient (Wildman–Crippen LogP) is 3.17. The average Bonchev–Trinajstić information content (AvgIpc) is 3.25. The molecule has 1 saturated heterocycles. The number of imidazole rings is 1. The van der Waals surface area contributed by atoms with Crippen LogP contribution >= 0.6 is 11.6 Å². The minimum atomic E-state index is -3.78. The molecule has 0 unspecified atom stereocenters. The van der Waals surface area contributed by atoms with Gasteiger partial charge < -0.3 is 19.4 Å². The van der Waals surface area contributed by atoms with Gasteiger partial charge in [0.2, 0.25) is 5.91 Å². The van der Waals surface area contributed by atoms with Crippen LogP contribution in [0.1, 0.15) is 32.7 Å². The van der Waals surface area contributed by atoms with Crippen molar-refractivity contribution in [2.45, 2.75) is 37.8 Å². The molecule has 9 nitrogen and oxygen atoms in total. The van der Waals surface area contributed by atoms with Gasteiger partial charge in [-0.05, 0) is 32.8 Å². The predicted molar refractivity (Wildman–Crippen MR) is 117 cm³/mol. The number of halogens is 1. The minimum Gasteiger partial charge on any atom is -0.495 e. The van der Waals surface area contributed by atoms with Crippen molar-refractivity contribution in [3.05, 3.63) is 29.7 Å². The Balaban J connectivity index is 1.76. The van der Waals surface area contributed by atoms with E-state index in [2.05, 4.69) is 10.3 Å². The van der Waals surface area contributed by atoms with E-state index in [1.165, 1.54) is 31.0 Å². The van der Waals surface area contributed by atoms with E-state index in [0.717, 1.165) is 0 Å². The van der Waals surface area contributed by atoms with Crippen LogP contribution in [0.5, 0.6) is 11.5 Å². The zero-order chi connectivity index (χ0) is 22.8. The monoisotopic (exact) mass is 470 g/mol. The van der Waals surface area contributed by atoms with Crippen LogP contribution in [-0.4, -0.2) is 55.5 Å². The van der Waals surface area contributed by atoms with Crippen LogP contribution in [0.15, 0.2) is 29.7 Å². The summed E-state index contributed by atoms with van der Waals surface area (Å²) in [4.78, 5) is 17.0. The molecule has 0 bridgehead atoms. The molecule has 0 aliphatic carbocycles. The summed E-state index contributed by atoms with van der Waals surface area (Å²) in [5.41, 5.74) is 0.397. The van der Waals surface area contributed by atoms with Gasteiger partial charge in [-0.3, -0.25) is 4.79 Å². The number of carbonyl (C=O) groups is 1. The summed E-state index contributed by atoms with van der Waals surface area (Å²) in [5.74, 6) is 0.00911. The quantitative estimate of drug-likeness (QED) is 0.666. The number of methoxy groups -OCH3 is 2. The van der Waals surface area contributed by atoms with Crippen molar-refractivity contribution in [3.8, 4) is 11.5 Å². The summed E-state index contributed by atoms with van der Waals surface area (Å²) in [7, 11) is -0.821. The first-order valence-electron chi connectivity index (χ1n) is 9.93. The lowest BCUT2D eigenvalue weighted by atomic mass is 9.98. The van der Waals surface area contributed by atoms with Crippen molar-refractivity contribution in [3.63, 3.8) is 0 Å². The van der Waals surface area contributed by atoms with Crippen LogP contribution in [0.3, 0.4) is 0 Å². The number of aromatic nitrogens is 2. The Bertz CT molecular complexity index is 1050. The molecule has 0 radical (unpaired) electrons. The molecule has 1 aliphatic rings. The zero-order valence-corrected chi connectivity index (χ0v) is 19.5. The van der Waals surface area contributed by atoms with Gasteiger partial charge in [0.25, 0.3) is 10.0 Å². The molecule has 11 heteroatoms. The lowest BCUT2D eigenvalue weighted by molar-refractivity contribution is -0.120. The Hall–Kier alpha value is -2.30. The second-order valence-electron chi connectivity index (χ2n) is 7.63. The highest BCUT2D eigenvalue weighted by atomic mass is 35.5. The standard InChI is InChI=1S/C20H27ClN4O5S/c1-13(2)24-11-19(22-12-24)31(27,28)25-7-5-6-14(10-25)20(26)23-16-8-15(21)17(29-3)9-18(16)30-4/h8-9,11-14H,5-7,10H2,1-4H3,(H,23,26)/t14-/m0/s1. The van der Waals surface area contributed by atoms with Gasteiger partial charge in [0.15, 0.2) is 5.03 Å². The molecule has 1 aromatic carbocycles. The number of ether oxygens (including phenoxy) is 2. The summed E-state index contributed by atoms with van der Waals surface area (Å²) < 4.78 is 39.6. The number of nitrogens with one attached hydrogen (secondary N) is 1. The number of nitrogens with zero attached hydrogens (tertiary/aromatic N) is 3. The first-order valence-corrected chi connectivity index (χ1v) is 11.7. The largest absolute Gasteiger partial charge is 0.495 e. The Kier molecular flexibility index (Phi) is 7.13. The molecular weight excluding hydrogens is 444 g/mol. The summed E-state index contributed by atoms with van der Waals surface area (Å²) >= 11 is 6.17. The van der Waals surface area contributed by atoms with Gasteiger partial charge in [0.05, 0.1) is 37.2 Å². The topological polar surface area (TPSA) is 103 Å². The van der Waals surface area contributed by atoms with Gasteiger partial charge in [-0.15, -0.1) is 0 Å². The number of sulfonamides is 1. The van der Waals surface area contributed by atoms with Crippen molar-refractivity contribution < 1.29 is 22.7 Å². The third-order valence-corrected chi connectivity index (χ3v) is 7.31. The Morgan fingerprint density at radius 3 is 2.58 bits per heavy atom. The molecular formula is C20H27ClN4O5S. The SMILES string of the molecule is COc1cc(OC)c(NC(=O)[C@H]2CCCN(S(=O)(=O)c3cn(C(C)C)cn3)C2)cc1Cl. The van der Waals surface area contributed by atoms with Gasteiger partial charge in [0.1, 0.15) is 11.5 Å². The molecule has 1 aromatic heterocycles. The first kappa shape index (κ1) is 23.4. The second-order valence-corrected chi connectivity index (χ2v) is 9.92. The molecule has 3 rings (SSSR count). The number of hydrogen-bond acceptors (Lipinski definition) is 6. The number of amides is 1. The van der Waals surface area contributed by atoms with Crippen molar-refractivity contribution >= 4 is 33.2 Å². The van der Waals surface area contributed by atoms with Crippen LogP contribution in [0.4, 0.5) is 5.69 Å². The molecule has 170 valence electrons. The van der Waals surface area contributed by atoms with Crippen molar-refractivity contribution in [2.24, 2.45) is 5.92 Å². The highest BCUT2D eigenvalue weighted by molar-refractivity contribution is 7.89. The van der Waals surface area contributed by atoms with Gasteiger partial charge in [-0.1, -0.05) is 11.6 Å². The van der Waals surface area contributed by atoms with Crippen molar-refractivity contribution in [2.75, 3.05) is 32.6 Å². The van der Waals surface area contributed by atoms with Crippen LogP contribution in [0, 0.1) is 5.92 Å². The third-order valence-electron chi connectivity index (χ3n) is 5.27. The fourth-order valence-corrected chi connectivity index (χ4v) is 5.12. The Morgan fingerprint density at radius 1 is 1.26 bits per heavy atom. The second kappa shape index (κ2) is 9.46. The van der Waals surface area contributed by atoms with E-state index in [1.54, 1.807) is 16.7 Å². The number of rotatable bonds is 7. The number of carbonyl (C=O) groups excluding carboxylic acids is 1. The summed E-state index contributed by atoms with van der Waals surface area (Å²) in [5, 5.41) is 3.13. The number of hydrogen-bond donors (Lipinski definition) is 1. The van der Waals surface area contributed by atoms with E-state index in [0.29, 0.717) is 41.6 Å². The van der Waals surface area contributed by atoms with Crippen LogP contribution in [0.2, 0.25) is 5.02 Å². The molecule has 1 fully saturated rings. The first-order chi connectivity index (χ1) is 14.7. The molecule has 2 aromatic rings. The van der Waals surface area contributed by atoms with Crippen molar-refractivity contribution in [1.29, 1.82) is 0 Å². The molecule has 1 aliphatic heterocycles. The van der Waals surface area contributed by atoms with Gasteiger partial charge >= 0.3 is 0 Å². The average molecular weight is 471 g/mol. The van der Waals surface area contributed by atoms with E-state index >= 15 is 0 Å². The Morgan fingerprint density at radius 2 is 1.97 bits per heavy atom. The highest BCUT2D eigenvalue weighted by Gasteiger charge is 2.35. The molecule has 2 heterocycles. The Labute approximate surface area is 187 Å². The minimum absolute atomic E-state index is 0.00846. The molecule has 1 amide bonds. The molecule has 31 heavy (non-hydrogen) atoms. The zero-order valence-electron chi connectivity index (χ0n) is 18.0. The van der Waals surface area contributed by atoms with Crippen LogP contribution in [0.25, 0.3) is 0 Å².